The van der Waals surface area contributed by atoms with Crippen LogP contribution in [0.15, 0.2) is 59.7 Å². The average molecular weight is 343 g/mol. The Labute approximate surface area is 144 Å². The Hall–Kier alpha value is -2.79. The molecular weight excluding hydrogens is 328 g/mol. The van der Waals surface area contributed by atoms with Crippen molar-refractivity contribution in [1.29, 1.82) is 0 Å². The summed E-state index contributed by atoms with van der Waals surface area (Å²) in [5, 5.41) is 3.33. The van der Waals surface area contributed by atoms with Crippen LogP contribution in [0.5, 0.6) is 5.75 Å². The minimum absolute atomic E-state index is 0.261. The number of pyridine rings is 1. The quantitative estimate of drug-likeness (QED) is 0.763. The van der Waals surface area contributed by atoms with Gasteiger partial charge in [-0.3, -0.25) is 9.78 Å². The monoisotopic (exact) mass is 342 g/mol. The third kappa shape index (κ3) is 3.58. The van der Waals surface area contributed by atoms with Crippen LogP contribution in [0, 0.1) is 0 Å². The number of methoxy groups -OCH3 is 1. The molecule has 0 bridgehead atoms. The summed E-state index contributed by atoms with van der Waals surface area (Å²) in [5.41, 5.74) is 3.13. The summed E-state index contributed by atoms with van der Waals surface area (Å²) in [6.45, 7) is 0.340. The molecule has 2 heterocycles. The number of aromatic nitrogens is 1. The fourth-order valence-corrected chi connectivity index (χ4v) is 2.48. The van der Waals surface area contributed by atoms with Crippen molar-refractivity contribution in [3.8, 4) is 16.9 Å². The van der Waals surface area contributed by atoms with Gasteiger partial charge in [-0.15, -0.1) is 0 Å². The summed E-state index contributed by atoms with van der Waals surface area (Å²) in [6.07, 6.45) is 6.71. The van der Waals surface area contributed by atoms with Gasteiger partial charge in [-0.2, -0.15) is 0 Å². The number of hydrogen-bond donors (Lipinski definition) is 1. The van der Waals surface area contributed by atoms with Crippen LogP contribution >= 0.6 is 11.6 Å². The number of nitrogens with one attached hydrogen (secondary N) is 1. The topological polar surface area (TPSA) is 64.4 Å². The van der Waals surface area contributed by atoms with Crippen LogP contribution in [0.1, 0.15) is 15.9 Å². The second-order valence-electron chi connectivity index (χ2n) is 5.12. The van der Waals surface area contributed by atoms with Gasteiger partial charge in [0, 0.05) is 35.1 Å². The summed E-state index contributed by atoms with van der Waals surface area (Å²) in [6, 6.07) is 8.73. The molecule has 1 aromatic carbocycles. The summed E-state index contributed by atoms with van der Waals surface area (Å²) < 4.78 is 10.3. The lowest BCUT2D eigenvalue weighted by molar-refractivity contribution is 0.0948. The Morgan fingerprint density at radius 1 is 1.25 bits per heavy atom. The zero-order valence-corrected chi connectivity index (χ0v) is 13.7. The number of benzene rings is 1. The van der Waals surface area contributed by atoms with E-state index in [0.717, 1.165) is 16.7 Å². The van der Waals surface area contributed by atoms with Gasteiger partial charge in [0.15, 0.2) is 0 Å². The van der Waals surface area contributed by atoms with Gasteiger partial charge in [0.25, 0.3) is 5.91 Å². The molecule has 0 unspecified atom stereocenters. The highest BCUT2D eigenvalue weighted by atomic mass is 35.5. The van der Waals surface area contributed by atoms with Gasteiger partial charge >= 0.3 is 0 Å². The van der Waals surface area contributed by atoms with Crippen molar-refractivity contribution in [1.82, 2.24) is 10.3 Å². The van der Waals surface area contributed by atoms with Crippen LogP contribution < -0.4 is 10.1 Å². The average Bonchev–Trinajstić information content (AvgIpc) is 3.14. The Morgan fingerprint density at radius 2 is 2.12 bits per heavy atom. The maximum Gasteiger partial charge on any atom is 0.255 e. The van der Waals surface area contributed by atoms with Crippen molar-refractivity contribution in [2.45, 2.75) is 6.54 Å². The predicted molar refractivity (Wildman–Crippen MR) is 91.1 cm³/mol. The van der Waals surface area contributed by atoms with Crippen LogP contribution in [0.2, 0.25) is 5.02 Å². The Morgan fingerprint density at radius 3 is 2.88 bits per heavy atom. The molecule has 0 saturated heterocycles. The number of carbonyl (C=O) groups excluding carboxylic acids is 1. The molecule has 6 heteroatoms. The summed E-state index contributed by atoms with van der Waals surface area (Å²) in [5.74, 6) is 0.213. The van der Waals surface area contributed by atoms with Crippen molar-refractivity contribution in [2.24, 2.45) is 0 Å². The number of carbonyl (C=O) groups is 1. The standard InChI is InChI=1S/C18H15ClN2O3/c1-23-17-3-2-15(19)7-16(17)18(22)21-9-12-6-14(10-20-8-12)13-4-5-24-11-13/h2-8,10-11H,9H2,1H3,(H,21,22). The predicted octanol–water partition coefficient (Wildman–Crippen LogP) is 3.93. The number of ether oxygens (including phenoxy) is 1. The second kappa shape index (κ2) is 7.19. The van der Waals surface area contributed by atoms with Gasteiger partial charge in [-0.25, -0.2) is 0 Å². The highest BCUT2D eigenvalue weighted by Gasteiger charge is 2.13. The molecule has 1 amide bonds. The molecule has 3 aromatic rings. The van der Waals surface area contributed by atoms with E-state index in [0.29, 0.717) is 22.9 Å². The third-order valence-corrected chi connectivity index (χ3v) is 3.74. The van der Waals surface area contributed by atoms with E-state index in [9.17, 15) is 4.79 Å². The SMILES string of the molecule is COc1ccc(Cl)cc1C(=O)NCc1cncc(-c2ccoc2)c1. The smallest absolute Gasteiger partial charge is 0.255 e. The molecule has 0 aliphatic rings. The van der Waals surface area contributed by atoms with E-state index in [1.165, 1.54) is 7.11 Å². The van der Waals surface area contributed by atoms with Crippen LogP contribution in [0.3, 0.4) is 0 Å². The van der Waals surface area contributed by atoms with Gasteiger partial charge in [0.05, 0.1) is 25.2 Å². The first kappa shape index (κ1) is 16.1. The number of furan rings is 1. The van der Waals surface area contributed by atoms with E-state index in [1.54, 1.807) is 43.1 Å². The first-order chi connectivity index (χ1) is 11.7. The van der Waals surface area contributed by atoms with Gasteiger partial charge in [0.2, 0.25) is 0 Å². The molecule has 0 aliphatic carbocycles. The number of nitrogens with zero attached hydrogens (tertiary/aromatic N) is 1. The summed E-state index contributed by atoms with van der Waals surface area (Å²) in [7, 11) is 1.51. The van der Waals surface area contributed by atoms with Crippen molar-refractivity contribution in [2.75, 3.05) is 7.11 Å². The van der Waals surface area contributed by atoms with Gasteiger partial charge in [-0.1, -0.05) is 11.6 Å². The molecule has 3 rings (SSSR count). The maximum absolute atomic E-state index is 12.4. The summed E-state index contributed by atoms with van der Waals surface area (Å²) in [4.78, 5) is 16.6. The molecule has 2 aromatic heterocycles. The third-order valence-electron chi connectivity index (χ3n) is 3.51. The molecule has 1 N–H and O–H groups in total. The lowest BCUT2D eigenvalue weighted by Gasteiger charge is -2.10. The molecule has 0 spiro atoms. The zero-order valence-electron chi connectivity index (χ0n) is 13.0. The molecule has 5 nitrogen and oxygen atoms in total. The van der Waals surface area contributed by atoms with E-state index in [-0.39, 0.29) is 5.91 Å². The fourth-order valence-electron chi connectivity index (χ4n) is 2.31. The molecule has 0 fully saturated rings. The second-order valence-corrected chi connectivity index (χ2v) is 5.56. The van der Waals surface area contributed by atoms with Crippen LogP contribution in [0.4, 0.5) is 0 Å². The molecule has 0 radical (unpaired) electrons. The number of hydrogen-bond acceptors (Lipinski definition) is 4. The zero-order chi connectivity index (χ0) is 16.9. The molecule has 0 atom stereocenters. The van der Waals surface area contributed by atoms with Crippen molar-refractivity contribution < 1.29 is 13.9 Å². The number of rotatable bonds is 5. The molecule has 0 saturated carbocycles. The molecule has 122 valence electrons. The minimum Gasteiger partial charge on any atom is -0.496 e. The van der Waals surface area contributed by atoms with Crippen LogP contribution in [-0.4, -0.2) is 18.0 Å². The highest BCUT2D eigenvalue weighted by molar-refractivity contribution is 6.31. The van der Waals surface area contributed by atoms with E-state index in [2.05, 4.69) is 10.3 Å². The highest BCUT2D eigenvalue weighted by Crippen LogP contribution is 2.23. The van der Waals surface area contributed by atoms with E-state index in [1.807, 2.05) is 12.1 Å². The van der Waals surface area contributed by atoms with Crippen molar-refractivity contribution in [3.63, 3.8) is 0 Å². The van der Waals surface area contributed by atoms with Crippen molar-refractivity contribution in [3.05, 3.63) is 71.4 Å². The molecule has 0 aliphatic heterocycles. The lowest BCUT2D eigenvalue weighted by Crippen LogP contribution is -2.23. The van der Waals surface area contributed by atoms with Gasteiger partial charge in [0.1, 0.15) is 5.75 Å². The minimum atomic E-state index is -0.261. The summed E-state index contributed by atoms with van der Waals surface area (Å²) >= 11 is 5.96. The number of halogens is 1. The molecule has 24 heavy (non-hydrogen) atoms. The van der Waals surface area contributed by atoms with E-state index >= 15 is 0 Å². The molecular formula is C18H15ClN2O3. The first-order valence-electron chi connectivity index (χ1n) is 7.25. The Kier molecular flexibility index (Phi) is 4.82. The van der Waals surface area contributed by atoms with Gasteiger partial charge < -0.3 is 14.5 Å². The fraction of sp³-hybridized carbons (Fsp3) is 0.111. The normalized spacial score (nSPS) is 10.4. The van der Waals surface area contributed by atoms with E-state index in [4.69, 9.17) is 20.8 Å². The maximum atomic E-state index is 12.4. The van der Waals surface area contributed by atoms with E-state index < -0.39 is 0 Å². The van der Waals surface area contributed by atoms with Gasteiger partial charge in [-0.05, 0) is 35.9 Å². The lowest BCUT2D eigenvalue weighted by atomic mass is 10.1. The van der Waals surface area contributed by atoms with Crippen LogP contribution in [0.25, 0.3) is 11.1 Å². The van der Waals surface area contributed by atoms with Crippen molar-refractivity contribution >= 4 is 17.5 Å². The van der Waals surface area contributed by atoms with Crippen LogP contribution in [-0.2, 0) is 6.54 Å². The first-order valence-corrected chi connectivity index (χ1v) is 7.63. The Balaban J connectivity index is 1.73. The number of amides is 1. The largest absolute Gasteiger partial charge is 0.496 e. The Bertz CT molecular complexity index is 847.